The number of hydrogen-bond donors (Lipinski definition) is 0. The molecule has 0 nitrogen and oxygen atoms in total. The SMILES string of the molecule is F[C](F)C(F)(F)C(F)(F)C(F)(F)C(F)(F)C(F)(F)C(F)(F)C(F)(F)C(F)(F)C(F)(F)C(F)(F)F.[H+]. The molecule has 0 unspecified atom stereocenters. The van der Waals surface area contributed by atoms with Crippen molar-refractivity contribution >= 4 is 0 Å². The summed E-state index contributed by atoms with van der Waals surface area (Å²) < 4.78 is 292. The van der Waals surface area contributed by atoms with Gasteiger partial charge >= 0.3 is 67.3 Å². The highest BCUT2D eigenvalue weighted by Gasteiger charge is 2.98. The first kappa shape index (κ1) is 32.4. The lowest BCUT2D eigenvalue weighted by molar-refractivity contribution is -0.474. The second-order valence-electron chi connectivity index (χ2n) is 5.93. The van der Waals surface area contributed by atoms with Crippen molar-refractivity contribution in [1.82, 2.24) is 0 Å². The number of rotatable bonds is 9. The van der Waals surface area contributed by atoms with Crippen molar-refractivity contribution in [2.45, 2.75) is 59.5 Å². The van der Waals surface area contributed by atoms with E-state index in [1.54, 1.807) is 0 Å². The molecule has 0 spiro atoms. The first-order valence-corrected chi connectivity index (χ1v) is 6.85. The van der Waals surface area contributed by atoms with E-state index in [2.05, 4.69) is 0 Å². The number of hydrogen-bond acceptors (Lipinski definition) is 0. The van der Waals surface area contributed by atoms with Crippen molar-refractivity contribution in [3.05, 3.63) is 6.43 Å². The smallest absolute Gasteiger partial charge is 0.192 e. The molecule has 205 valence electrons. The van der Waals surface area contributed by atoms with Gasteiger partial charge in [0.2, 0.25) is 0 Å². The molecule has 0 aliphatic carbocycles. The Balaban J connectivity index is 0. The van der Waals surface area contributed by atoms with Crippen LogP contribution in [0.15, 0.2) is 0 Å². The van der Waals surface area contributed by atoms with E-state index in [1.165, 1.54) is 0 Å². The van der Waals surface area contributed by atoms with E-state index >= 15 is 0 Å². The predicted molar refractivity (Wildman–Crippen MR) is 57.1 cm³/mol. The molecule has 0 N–H and O–H groups in total. The highest BCUT2D eigenvalue weighted by Crippen LogP contribution is 2.66. The Bertz CT molecular complexity index is 743. The van der Waals surface area contributed by atoms with Crippen LogP contribution in [0.2, 0.25) is 0 Å². The van der Waals surface area contributed by atoms with Crippen LogP contribution in [0.5, 0.6) is 0 Å². The summed E-state index contributed by atoms with van der Waals surface area (Å²) >= 11 is 0. The topological polar surface area (TPSA) is 0 Å². The quantitative estimate of drug-likeness (QED) is 0.248. The lowest BCUT2D eigenvalue weighted by atomic mass is 9.86. The van der Waals surface area contributed by atoms with Gasteiger partial charge in [-0.05, 0) is 0 Å². The first-order chi connectivity index (χ1) is 14.2. The minimum Gasteiger partial charge on any atom is -0.192 e. The number of alkyl halides is 21. The molecule has 0 rings (SSSR count). The van der Waals surface area contributed by atoms with Crippen LogP contribution in [0, 0.1) is 6.43 Å². The molecule has 0 aromatic rings. The lowest BCUT2D eigenvalue weighted by Crippen LogP contribution is -2.77. The van der Waals surface area contributed by atoms with Crippen LogP contribution in [-0.2, 0) is 0 Å². The molecule has 0 atom stereocenters. The minimum atomic E-state index is -9.34. The molecule has 0 bridgehead atoms. The van der Waals surface area contributed by atoms with Gasteiger partial charge in [-0.25, -0.2) is 0 Å². The molecule has 0 saturated heterocycles. The van der Waals surface area contributed by atoms with Crippen LogP contribution >= 0.6 is 0 Å². The van der Waals surface area contributed by atoms with Crippen LogP contribution in [0.4, 0.5) is 101 Å². The fraction of sp³-hybridized carbons (Fsp3) is 0.909. The molecule has 34 heavy (non-hydrogen) atoms. The summed E-state index contributed by atoms with van der Waals surface area (Å²) in [7, 11) is 0. The van der Waals surface area contributed by atoms with Crippen LogP contribution in [0.25, 0.3) is 0 Å². The van der Waals surface area contributed by atoms with E-state index in [9.17, 15) is 101 Å². The lowest BCUT2D eigenvalue weighted by Gasteiger charge is -2.44. The molecule has 23 heteroatoms. The highest BCUT2D eigenvalue weighted by molar-refractivity contribution is 5.18. The standard InChI is InChI=1S/C11F23/c12-1(13)2(14,15)3(16,17)4(18,19)5(20,21)6(22,23)7(24,25)8(26,27)9(28,29)10(30,31)11(32,33)34/p+1. The van der Waals surface area contributed by atoms with Gasteiger partial charge in [0.1, 0.15) is 0 Å². The average Bonchev–Trinajstić information content (AvgIpc) is 2.58. The van der Waals surface area contributed by atoms with E-state index in [0.29, 0.717) is 0 Å². The van der Waals surface area contributed by atoms with Crippen LogP contribution in [0.3, 0.4) is 0 Å². The summed E-state index contributed by atoms with van der Waals surface area (Å²) in [6, 6.07) is 0. The van der Waals surface area contributed by atoms with Crippen molar-refractivity contribution in [3.8, 4) is 0 Å². The fourth-order valence-corrected chi connectivity index (χ4v) is 1.68. The zero-order valence-corrected chi connectivity index (χ0v) is 14.2. The Morgan fingerprint density at radius 2 is 0.471 bits per heavy atom. The fourth-order valence-electron chi connectivity index (χ4n) is 1.68. The van der Waals surface area contributed by atoms with Gasteiger partial charge in [0.05, 0.1) is 0 Å². The van der Waals surface area contributed by atoms with Gasteiger partial charge in [0.25, 0.3) is 0 Å². The molecular formula is C11HF23+. The summed E-state index contributed by atoms with van der Waals surface area (Å²) in [6.07, 6.45) is -13.4. The Morgan fingerprint density at radius 1 is 0.294 bits per heavy atom. The summed E-state index contributed by atoms with van der Waals surface area (Å²) in [6.45, 7) is 0. The zero-order valence-electron chi connectivity index (χ0n) is 15.2. The van der Waals surface area contributed by atoms with Gasteiger partial charge in [0.15, 0.2) is 0 Å². The Hall–Kier alpha value is -1.61. The van der Waals surface area contributed by atoms with Crippen LogP contribution in [0.1, 0.15) is 1.43 Å². The Morgan fingerprint density at radius 3 is 0.647 bits per heavy atom. The Kier molecular flexibility index (Phi) is 7.33. The summed E-state index contributed by atoms with van der Waals surface area (Å²) in [5.74, 6) is -80.2. The van der Waals surface area contributed by atoms with E-state index in [1.807, 2.05) is 0 Å². The van der Waals surface area contributed by atoms with Gasteiger partial charge in [-0.2, -0.15) is 101 Å². The third-order valence-corrected chi connectivity index (χ3v) is 3.75. The molecule has 0 fully saturated rings. The molecule has 1 radical (unpaired) electrons. The van der Waals surface area contributed by atoms with Crippen molar-refractivity contribution in [3.63, 3.8) is 0 Å². The molecule has 0 aliphatic heterocycles. The molecule has 0 amide bonds. The van der Waals surface area contributed by atoms with Crippen LogP contribution < -0.4 is 0 Å². The average molecular weight is 570 g/mol. The monoisotopic (exact) mass is 570 g/mol. The van der Waals surface area contributed by atoms with E-state index in [-0.39, 0.29) is 1.43 Å². The van der Waals surface area contributed by atoms with Gasteiger partial charge in [-0.1, -0.05) is 0 Å². The molecule has 0 aromatic carbocycles. The van der Waals surface area contributed by atoms with Crippen molar-refractivity contribution in [1.29, 1.82) is 0 Å². The number of halogens is 23. The van der Waals surface area contributed by atoms with Gasteiger partial charge < -0.3 is 0 Å². The van der Waals surface area contributed by atoms with Gasteiger partial charge in [-0.3, -0.25) is 0 Å². The normalized spacial score (nSPS) is 16.9. The third kappa shape index (κ3) is 3.60. The largest absolute Gasteiger partial charge is 1.00 e. The third-order valence-electron chi connectivity index (χ3n) is 3.75. The maximum Gasteiger partial charge on any atom is 1.00 e. The van der Waals surface area contributed by atoms with Gasteiger partial charge in [-0.15, -0.1) is 0 Å². The molecule has 0 saturated carbocycles. The maximum absolute atomic E-state index is 13.2. The van der Waals surface area contributed by atoms with Gasteiger partial charge in [0, 0.05) is 0 Å². The van der Waals surface area contributed by atoms with Crippen molar-refractivity contribution in [2.75, 3.05) is 0 Å². The second-order valence-corrected chi connectivity index (χ2v) is 5.93. The van der Waals surface area contributed by atoms with Crippen molar-refractivity contribution in [2.24, 2.45) is 0 Å². The van der Waals surface area contributed by atoms with E-state index in [4.69, 9.17) is 0 Å². The summed E-state index contributed by atoms with van der Waals surface area (Å²) in [5.41, 5.74) is 0. The summed E-state index contributed by atoms with van der Waals surface area (Å²) in [5, 5.41) is 0. The second kappa shape index (κ2) is 7.69. The zero-order chi connectivity index (χ0) is 28.6. The molecular weight excluding hydrogens is 569 g/mol. The molecule has 0 heterocycles. The minimum absolute atomic E-state index is 0. The molecule has 0 aliphatic rings. The van der Waals surface area contributed by atoms with E-state index < -0.39 is 65.9 Å². The van der Waals surface area contributed by atoms with Crippen molar-refractivity contribution < 1.29 is 102 Å². The van der Waals surface area contributed by atoms with E-state index in [0.717, 1.165) is 0 Å². The predicted octanol–water partition coefficient (Wildman–Crippen LogP) is 7.81. The Labute approximate surface area is 170 Å². The van der Waals surface area contributed by atoms with Crippen LogP contribution in [-0.4, -0.2) is 59.5 Å². The molecule has 0 aromatic heterocycles. The highest BCUT2D eigenvalue weighted by atomic mass is 19.4. The summed E-state index contributed by atoms with van der Waals surface area (Å²) in [4.78, 5) is 0. The first-order valence-electron chi connectivity index (χ1n) is 6.85. The maximum atomic E-state index is 13.2.